The Balaban J connectivity index is 2.17. The predicted molar refractivity (Wildman–Crippen MR) is 83.8 cm³/mol. The summed E-state index contributed by atoms with van der Waals surface area (Å²) in [6.07, 6.45) is 0.776. The van der Waals surface area contributed by atoms with Gasteiger partial charge >= 0.3 is 11.9 Å². The Labute approximate surface area is 133 Å². The van der Waals surface area contributed by atoms with E-state index >= 15 is 0 Å². The highest BCUT2D eigenvalue weighted by molar-refractivity contribution is 9.10. The molecule has 0 saturated heterocycles. The Morgan fingerprint density at radius 3 is 2.33 bits per heavy atom. The Bertz CT molecular complexity index is 471. The van der Waals surface area contributed by atoms with Gasteiger partial charge in [-0.25, -0.2) is 0 Å². The number of carbonyl (C=O) groups excluding carboxylic acids is 2. The van der Waals surface area contributed by atoms with Crippen LogP contribution in [0.1, 0.15) is 32.3 Å². The molecule has 0 amide bonds. The van der Waals surface area contributed by atoms with E-state index in [0.717, 1.165) is 10.0 Å². The number of rotatable bonds is 8. The second-order valence-corrected chi connectivity index (χ2v) is 5.99. The number of carbonyl (C=O) groups is 2. The van der Waals surface area contributed by atoms with E-state index < -0.39 is 0 Å². The normalized spacial score (nSPS) is 10.5. The fourth-order valence-corrected chi connectivity index (χ4v) is 2.07. The van der Waals surface area contributed by atoms with Crippen molar-refractivity contribution in [2.24, 2.45) is 5.92 Å². The van der Waals surface area contributed by atoms with Crippen LogP contribution in [-0.2, 0) is 25.5 Å². The van der Waals surface area contributed by atoms with E-state index in [1.165, 1.54) is 0 Å². The van der Waals surface area contributed by atoms with Gasteiger partial charge < -0.3 is 9.47 Å². The third-order valence-electron chi connectivity index (χ3n) is 2.70. The topological polar surface area (TPSA) is 52.6 Å². The van der Waals surface area contributed by atoms with E-state index in [0.29, 0.717) is 25.6 Å². The van der Waals surface area contributed by atoms with Crippen molar-refractivity contribution in [3.8, 4) is 0 Å². The summed E-state index contributed by atoms with van der Waals surface area (Å²) in [7, 11) is 0. The fraction of sp³-hybridized carbons (Fsp3) is 0.500. The standard InChI is InChI=1S/C16H21BrO4/c1-12(2)11-21-16(19)8-7-15(18)20-10-9-13-5-3-4-6-14(13)17/h3-6,12H,7-11H2,1-2H3. The van der Waals surface area contributed by atoms with Crippen molar-refractivity contribution in [2.75, 3.05) is 13.2 Å². The van der Waals surface area contributed by atoms with E-state index in [9.17, 15) is 9.59 Å². The van der Waals surface area contributed by atoms with Crippen LogP contribution in [-0.4, -0.2) is 25.2 Å². The van der Waals surface area contributed by atoms with Crippen LogP contribution in [0.2, 0.25) is 0 Å². The first-order valence-corrected chi connectivity index (χ1v) is 7.83. The molecule has 0 fully saturated rings. The van der Waals surface area contributed by atoms with Gasteiger partial charge in [0.2, 0.25) is 0 Å². The van der Waals surface area contributed by atoms with Crippen molar-refractivity contribution in [1.29, 1.82) is 0 Å². The summed E-state index contributed by atoms with van der Waals surface area (Å²) in [6.45, 7) is 4.62. The zero-order valence-corrected chi connectivity index (χ0v) is 14.0. The summed E-state index contributed by atoms with van der Waals surface area (Å²) < 4.78 is 11.1. The lowest BCUT2D eigenvalue weighted by atomic mass is 10.2. The molecule has 0 unspecified atom stereocenters. The summed E-state index contributed by atoms with van der Waals surface area (Å²) in [6, 6.07) is 7.79. The fourth-order valence-electron chi connectivity index (χ4n) is 1.58. The molecule has 116 valence electrons. The van der Waals surface area contributed by atoms with Gasteiger partial charge in [0.1, 0.15) is 0 Å². The Morgan fingerprint density at radius 1 is 1.10 bits per heavy atom. The lowest BCUT2D eigenvalue weighted by Gasteiger charge is -2.08. The van der Waals surface area contributed by atoms with Crippen LogP contribution < -0.4 is 0 Å². The molecule has 0 saturated carbocycles. The van der Waals surface area contributed by atoms with Gasteiger partial charge in [-0.3, -0.25) is 9.59 Å². The largest absolute Gasteiger partial charge is 0.465 e. The summed E-state index contributed by atoms with van der Waals surface area (Å²) >= 11 is 3.44. The van der Waals surface area contributed by atoms with Gasteiger partial charge in [-0.15, -0.1) is 0 Å². The highest BCUT2D eigenvalue weighted by atomic mass is 79.9. The van der Waals surface area contributed by atoms with Gasteiger partial charge in [0.15, 0.2) is 0 Å². The Morgan fingerprint density at radius 2 is 1.71 bits per heavy atom. The zero-order valence-electron chi connectivity index (χ0n) is 12.4. The molecule has 0 aliphatic carbocycles. The van der Waals surface area contributed by atoms with Gasteiger partial charge in [0.05, 0.1) is 26.1 Å². The quantitative estimate of drug-likeness (QED) is 0.668. The average molecular weight is 357 g/mol. The molecule has 21 heavy (non-hydrogen) atoms. The van der Waals surface area contributed by atoms with Crippen molar-refractivity contribution in [3.05, 3.63) is 34.3 Å². The third kappa shape index (κ3) is 7.85. The summed E-state index contributed by atoms with van der Waals surface area (Å²) in [4.78, 5) is 22.9. The molecule has 1 aromatic carbocycles. The minimum absolute atomic E-state index is 0.0624. The maximum Gasteiger partial charge on any atom is 0.306 e. The second kappa shape index (κ2) is 9.55. The van der Waals surface area contributed by atoms with Gasteiger partial charge in [-0.05, 0) is 17.5 Å². The molecule has 0 spiro atoms. The van der Waals surface area contributed by atoms with Crippen LogP contribution in [0.25, 0.3) is 0 Å². The first-order chi connectivity index (χ1) is 9.99. The number of halogens is 1. The van der Waals surface area contributed by atoms with Gasteiger partial charge in [0.25, 0.3) is 0 Å². The van der Waals surface area contributed by atoms with Crippen LogP contribution in [0.5, 0.6) is 0 Å². The van der Waals surface area contributed by atoms with E-state index in [4.69, 9.17) is 9.47 Å². The van der Waals surface area contributed by atoms with E-state index in [2.05, 4.69) is 15.9 Å². The Hall–Kier alpha value is -1.36. The van der Waals surface area contributed by atoms with Crippen molar-refractivity contribution >= 4 is 27.9 Å². The maximum atomic E-state index is 11.5. The molecule has 0 aliphatic rings. The van der Waals surface area contributed by atoms with Gasteiger partial charge in [-0.2, -0.15) is 0 Å². The van der Waals surface area contributed by atoms with Crippen LogP contribution in [0.4, 0.5) is 0 Å². The van der Waals surface area contributed by atoms with E-state index in [-0.39, 0.29) is 24.8 Å². The van der Waals surface area contributed by atoms with E-state index in [1.54, 1.807) is 0 Å². The number of hydrogen-bond acceptors (Lipinski definition) is 4. The lowest BCUT2D eigenvalue weighted by molar-refractivity contribution is -0.150. The second-order valence-electron chi connectivity index (χ2n) is 5.14. The van der Waals surface area contributed by atoms with Crippen LogP contribution in [0.3, 0.4) is 0 Å². The van der Waals surface area contributed by atoms with Crippen molar-refractivity contribution in [3.63, 3.8) is 0 Å². The molecule has 0 radical (unpaired) electrons. The first-order valence-electron chi connectivity index (χ1n) is 7.03. The summed E-state index contributed by atoms with van der Waals surface area (Å²) in [5.41, 5.74) is 1.08. The van der Waals surface area contributed by atoms with Crippen molar-refractivity contribution in [2.45, 2.75) is 33.1 Å². The molecule has 0 heterocycles. The molecule has 5 heteroatoms. The predicted octanol–water partition coefficient (Wildman–Crippen LogP) is 3.51. The minimum atomic E-state index is -0.372. The van der Waals surface area contributed by atoms with Crippen molar-refractivity contribution in [1.82, 2.24) is 0 Å². The summed E-state index contributed by atoms with van der Waals surface area (Å²) in [5.74, 6) is -0.430. The van der Waals surface area contributed by atoms with E-state index in [1.807, 2.05) is 38.1 Å². The van der Waals surface area contributed by atoms with Crippen LogP contribution in [0.15, 0.2) is 28.7 Å². The molecule has 1 rings (SSSR count). The minimum Gasteiger partial charge on any atom is -0.465 e. The highest BCUT2D eigenvalue weighted by Crippen LogP contribution is 2.16. The molecular formula is C16H21BrO4. The highest BCUT2D eigenvalue weighted by Gasteiger charge is 2.10. The molecule has 0 aromatic heterocycles. The number of benzene rings is 1. The maximum absolute atomic E-state index is 11.5. The van der Waals surface area contributed by atoms with Gasteiger partial charge in [-0.1, -0.05) is 48.0 Å². The molecule has 1 aromatic rings. The molecule has 4 nitrogen and oxygen atoms in total. The first kappa shape index (κ1) is 17.7. The summed E-state index contributed by atoms with van der Waals surface area (Å²) in [5, 5.41) is 0. The Kier molecular flexibility index (Phi) is 8.05. The third-order valence-corrected chi connectivity index (χ3v) is 3.48. The van der Waals surface area contributed by atoms with Crippen molar-refractivity contribution < 1.29 is 19.1 Å². The number of esters is 2. The average Bonchev–Trinajstić information content (AvgIpc) is 2.45. The van der Waals surface area contributed by atoms with Crippen LogP contribution >= 0.6 is 15.9 Å². The number of ether oxygens (including phenoxy) is 2. The SMILES string of the molecule is CC(C)COC(=O)CCC(=O)OCCc1ccccc1Br. The number of hydrogen-bond donors (Lipinski definition) is 0. The lowest BCUT2D eigenvalue weighted by Crippen LogP contribution is -2.13. The molecule has 0 atom stereocenters. The van der Waals surface area contributed by atoms with Gasteiger partial charge in [0, 0.05) is 10.9 Å². The molecule has 0 aliphatic heterocycles. The molecule has 0 bridgehead atoms. The molecular weight excluding hydrogens is 336 g/mol. The van der Waals surface area contributed by atoms with Crippen LogP contribution in [0, 0.1) is 5.92 Å². The molecule has 0 N–H and O–H groups in total. The monoisotopic (exact) mass is 356 g/mol. The smallest absolute Gasteiger partial charge is 0.306 e. The zero-order chi connectivity index (χ0) is 15.7.